The van der Waals surface area contributed by atoms with Gasteiger partial charge in [0, 0.05) is 13.1 Å². The molecule has 1 fully saturated rings. The molecule has 1 saturated carbocycles. The monoisotopic (exact) mass is 232 g/mol. The summed E-state index contributed by atoms with van der Waals surface area (Å²) in [5.41, 5.74) is 6.15. The zero-order valence-electron chi connectivity index (χ0n) is 10.5. The quantitative estimate of drug-likeness (QED) is 0.864. The molecule has 0 heterocycles. The lowest BCUT2D eigenvalue weighted by Gasteiger charge is -2.39. The van der Waals surface area contributed by atoms with E-state index in [1.54, 1.807) is 6.92 Å². The van der Waals surface area contributed by atoms with Gasteiger partial charge in [-0.15, -0.1) is 0 Å². The fourth-order valence-corrected chi connectivity index (χ4v) is 2.21. The van der Waals surface area contributed by atoms with Gasteiger partial charge in [0.05, 0.1) is 0 Å². The number of hydrogen-bond acceptors (Lipinski definition) is 2. The molecular formula is C14H20N2O. The molecule has 1 aromatic carbocycles. The molecule has 1 aromatic rings. The molecule has 0 saturated heterocycles. The molecule has 1 aliphatic carbocycles. The average molecular weight is 232 g/mol. The van der Waals surface area contributed by atoms with Gasteiger partial charge in [-0.05, 0) is 31.7 Å². The molecule has 1 atom stereocenters. The van der Waals surface area contributed by atoms with Crippen LogP contribution >= 0.6 is 0 Å². The molecule has 2 rings (SSSR count). The molecule has 1 unspecified atom stereocenters. The van der Waals surface area contributed by atoms with E-state index < -0.39 is 5.54 Å². The van der Waals surface area contributed by atoms with Gasteiger partial charge < -0.3 is 10.6 Å². The van der Waals surface area contributed by atoms with Crippen molar-refractivity contribution in [3.63, 3.8) is 0 Å². The van der Waals surface area contributed by atoms with Crippen molar-refractivity contribution in [3.8, 4) is 0 Å². The highest BCUT2D eigenvalue weighted by Gasteiger charge is 2.36. The molecule has 0 radical (unpaired) electrons. The molecule has 0 aliphatic heterocycles. The van der Waals surface area contributed by atoms with Crippen LogP contribution in [0.1, 0.15) is 31.7 Å². The van der Waals surface area contributed by atoms with E-state index in [9.17, 15) is 4.79 Å². The van der Waals surface area contributed by atoms with E-state index in [4.69, 9.17) is 5.73 Å². The lowest BCUT2D eigenvalue weighted by Crippen LogP contribution is -2.54. The van der Waals surface area contributed by atoms with E-state index in [0.717, 1.165) is 18.4 Å². The third-order valence-electron chi connectivity index (χ3n) is 3.76. The van der Waals surface area contributed by atoms with Crippen LogP contribution < -0.4 is 5.73 Å². The first-order chi connectivity index (χ1) is 8.03. The summed E-state index contributed by atoms with van der Waals surface area (Å²) in [4.78, 5) is 14.2. The van der Waals surface area contributed by atoms with E-state index in [1.165, 1.54) is 6.42 Å². The smallest absolute Gasteiger partial charge is 0.246 e. The number of nitrogens with two attached hydrogens (primary N) is 1. The summed E-state index contributed by atoms with van der Waals surface area (Å²) in [7, 11) is 1.86. The predicted octanol–water partition coefficient (Wildman–Crippen LogP) is 1.87. The molecule has 1 amide bonds. The van der Waals surface area contributed by atoms with Crippen LogP contribution in [-0.4, -0.2) is 23.9 Å². The molecule has 0 spiro atoms. The predicted molar refractivity (Wildman–Crippen MR) is 68.4 cm³/mol. The van der Waals surface area contributed by atoms with Crippen molar-refractivity contribution in [2.75, 3.05) is 7.05 Å². The maximum absolute atomic E-state index is 12.4. The number of nitrogens with zero attached hydrogens (tertiary/aromatic N) is 1. The summed E-state index contributed by atoms with van der Waals surface area (Å²) >= 11 is 0. The number of carbonyl (C=O) groups excluding carboxylic acids is 1. The lowest BCUT2D eigenvalue weighted by molar-refractivity contribution is -0.139. The average Bonchev–Trinajstić information content (AvgIpc) is 2.26. The van der Waals surface area contributed by atoms with Gasteiger partial charge in [0.15, 0.2) is 0 Å². The molecule has 2 N–H and O–H groups in total. The molecule has 17 heavy (non-hydrogen) atoms. The van der Waals surface area contributed by atoms with Crippen molar-refractivity contribution in [1.82, 2.24) is 4.90 Å². The normalized spacial score (nSPS) is 19.2. The maximum atomic E-state index is 12.4. The Bertz CT molecular complexity index is 396. The van der Waals surface area contributed by atoms with Gasteiger partial charge in [-0.3, -0.25) is 4.79 Å². The summed E-state index contributed by atoms with van der Waals surface area (Å²) in [6, 6.07) is 9.96. The fraction of sp³-hybridized carbons (Fsp3) is 0.500. The third kappa shape index (κ3) is 2.20. The van der Waals surface area contributed by atoms with Gasteiger partial charge in [-0.2, -0.15) is 0 Å². The second-order valence-electron chi connectivity index (χ2n) is 5.07. The van der Waals surface area contributed by atoms with Crippen LogP contribution in [-0.2, 0) is 10.3 Å². The fourth-order valence-electron chi connectivity index (χ4n) is 2.21. The van der Waals surface area contributed by atoms with Crippen molar-refractivity contribution in [3.05, 3.63) is 35.9 Å². The Morgan fingerprint density at radius 2 is 1.94 bits per heavy atom. The summed E-state index contributed by atoms with van der Waals surface area (Å²) < 4.78 is 0. The van der Waals surface area contributed by atoms with Crippen molar-refractivity contribution < 1.29 is 4.79 Å². The molecule has 92 valence electrons. The largest absolute Gasteiger partial charge is 0.341 e. The minimum atomic E-state index is -0.925. The van der Waals surface area contributed by atoms with Crippen LogP contribution in [0, 0.1) is 0 Å². The highest BCUT2D eigenvalue weighted by atomic mass is 16.2. The first kappa shape index (κ1) is 12.1. The van der Waals surface area contributed by atoms with Gasteiger partial charge in [-0.25, -0.2) is 0 Å². The first-order valence-corrected chi connectivity index (χ1v) is 6.15. The van der Waals surface area contributed by atoms with Gasteiger partial charge in [0.25, 0.3) is 0 Å². The number of likely N-dealkylation sites (N-methyl/N-ethyl adjacent to an activating group) is 1. The molecule has 1 aliphatic rings. The van der Waals surface area contributed by atoms with Crippen LogP contribution in [0.3, 0.4) is 0 Å². The Morgan fingerprint density at radius 1 is 1.35 bits per heavy atom. The summed E-state index contributed by atoms with van der Waals surface area (Å²) in [6.07, 6.45) is 3.43. The molecule has 3 nitrogen and oxygen atoms in total. The summed E-state index contributed by atoms with van der Waals surface area (Å²) in [5.74, 6) is 0.00778. The van der Waals surface area contributed by atoms with Crippen LogP contribution in [0.2, 0.25) is 0 Å². The number of amides is 1. The third-order valence-corrected chi connectivity index (χ3v) is 3.76. The minimum absolute atomic E-state index is 0.00778. The van der Waals surface area contributed by atoms with E-state index in [0.29, 0.717) is 6.04 Å². The summed E-state index contributed by atoms with van der Waals surface area (Å²) in [5, 5.41) is 0. The molecule has 3 heteroatoms. The van der Waals surface area contributed by atoms with Gasteiger partial charge >= 0.3 is 0 Å². The lowest BCUT2D eigenvalue weighted by atomic mass is 9.87. The topological polar surface area (TPSA) is 46.3 Å². The zero-order valence-corrected chi connectivity index (χ0v) is 10.5. The van der Waals surface area contributed by atoms with Gasteiger partial charge in [-0.1, -0.05) is 30.3 Å². The SMILES string of the molecule is CN(C(=O)C(C)(N)c1ccccc1)C1CCC1. The zero-order chi connectivity index (χ0) is 12.5. The van der Waals surface area contributed by atoms with Crippen LogP contribution in [0.4, 0.5) is 0 Å². The van der Waals surface area contributed by atoms with Crippen LogP contribution in [0.5, 0.6) is 0 Å². The summed E-state index contributed by atoms with van der Waals surface area (Å²) in [6.45, 7) is 1.79. The Labute approximate surface area is 103 Å². The first-order valence-electron chi connectivity index (χ1n) is 6.15. The van der Waals surface area contributed by atoms with Gasteiger partial charge in [0.1, 0.15) is 5.54 Å². The standard InChI is InChI=1S/C14H20N2O/c1-14(15,11-7-4-3-5-8-11)13(17)16(2)12-9-6-10-12/h3-5,7-8,12H,6,9-10,15H2,1-2H3. The Hall–Kier alpha value is -1.35. The number of rotatable bonds is 3. The van der Waals surface area contributed by atoms with Crippen LogP contribution in [0.15, 0.2) is 30.3 Å². The minimum Gasteiger partial charge on any atom is -0.341 e. The number of benzene rings is 1. The number of carbonyl (C=O) groups is 1. The van der Waals surface area contributed by atoms with E-state index in [1.807, 2.05) is 42.3 Å². The van der Waals surface area contributed by atoms with Crippen LogP contribution in [0.25, 0.3) is 0 Å². The van der Waals surface area contributed by atoms with Crippen molar-refractivity contribution in [1.29, 1.82) is 0 Å². The Morgan fingerprint density at radius 3 is 2.41 bits per heavy atom. The van der Waals surface area contributed by atoms with E-state index in [-0.39, 0.29) is 5.91 Å². The number of hydrogen-bond donors (Lipinski definition) is 1. The van der Waals surface area contributed by atoms with Crippen molar-refractivity contribution in [2.24, 2.45) is 5.73 Å². The highest BCUT2D eigenvalue weighted by Crippen LogP contribution is 2.27. The van der Waals surface area contributed by atoms with Crippen molar-refractivity contribution >= 4 is 5.91 Å². The Balaban J connectivity index is 2.17. The van der Waals surface area contributed by atoms with Gasteiger partial charge in [0.2, 0.25) is 5.91 Å². The van der Waals surface area contributed by atoms with E-state index in [2.05, 4.69) is 0 Å². The second-order valence-corrected chi connectivity index (χ2v) is 5.07. The van der Waals surface area contributed by atoms with E-state index >= 15 is 0 Å². The maximum Gasteiger partial charge on any atom is 0.246 e. The molecule has 0 bridgehead atoms. The van der Waals surface area contributed by atoms with Crippen molar-refractivity contribution in [2.45, 2.75) is 37.8 Å². The Kier molecular flexibility index (Phi) is 3.20. The molecule has 0 aromatic heterocycles. The highest BCUT2D eigenvalue weighted by molar-refractivity contribution is 5.87. The second kappa shape index (κ2) is 4.49. The molecular weight excluding hydrogens is 212 g/mol.